The Morgan fingerprint density at radius 3 is 2.84 bits per heavy atom. The summed E-state index contributed by atoms with van der Waals surface area (Å²) in [5.74, 6) is 1.40. The molecule has 196 valence electrons. The largest absolute Gasteiger partial charge is 0.491 e. The van der Waals surface area contributed by atoms with E-state index in [2.05, 4.69) is 25.3 Å². The minimum atomic E-state index is -0.501. The van der Waals surface area contributed by atoms with E-state index < -0.39 is 6.61 Å². The van der Waals surface area contributed by atoms with Gasteiger partial charge in [0, 0.05) is 24.6 Å². The predicted molar refractivity (Wildman–Crippen MR) is 143 cm³/mol. The summed E-state index contributed by atoms with van der Waals surface area (Å²) in [7, 11) is 0. The maximum Gasteiger partial charge on any atom is 0.248 e. The third-order valence-corrected chi connectivity index (χ3v) is 6.62. The van der Waals surface area contributed by atoms with Crippen molar-refractivity contribution in [1.29, 1.82) is 0 Å². The van der Waals surface area contributed by atoms with Crippen LogP contribution in [0.15, 0.2) is 61.3 Å². The fourth-order valence-electron chi connectivity index (χ4n) is 4.46. The fourth-order valence-corrected chi connectivity index (χ4v) is 4.70. The molecular formula is C27H27ClN6O4. The molecule has 2 N–H and O–H groups in total. The molecule has 1 saturated heterocycles. The van der Waals surface area contributed by atoms with Crippen LogP contribution in [0, 0.1) is 0 Å². The van der Waals surface area contributed by atoms with Crippen molar-refractivity contribution in [2.24, 2.45) is 0 Å². The molecule has 1 fully saturated rings. The summed E-state index contributed by atoms with van der Waals surface area (Å²) in [6.07, 6.45) is 9.09. The number of likely N-dealkylation sites (tertiary alicyclic amines) is 1. The van der Waals surface area contributed by atoms with Crippen LogP contribution in [0.3, 0.4) is 0 Å². The monoisotopic (exact) mass is 534 g/mol. The summed E-state index contributed by atoms with van der Waals surface area (Å²) in [6, 6.07) is 10.9. The summed E-state index contributed by atoms with van der Waals surface area (Å²) in [5.41, 5.74) is 2.12. The maximum absolute atomic E-state index is 12.2. The average Bonchev–Trinajstić information content (AvgIpc) is 2.96. The van der Waals surface area contributed by atoms with Crippen LogP contribution in [0.2, 0.25) is 5.02 Å². The van der Waals surface area contributed by atoms with Crippen LogP contribution in [0.5, 0.6) is 11.5 Å². The SMILES string of the molecule is O=C(CO)N1CCCC[C@@H]1COc1cccc2ncnc(Nc3ccc(OCc4cnccn4)c(Cl)c3)c12. The highest BCUT2D eigenvalue weighted by Gasteiger charge is 2.27. The first kappa shape index (κ1) is 25.6. The molecule has 1 atom stereocenters. The standard InChI is InChI=1S/C27H27ClN6O4/c28-21-12-18(7-8-23(21)37-15-19-13-29-9-10-30-19)33-27-26-22(31-17-32-27)5-3-6-24(26)38-16-20-4-1-2-11-34(20)25(36)14-35/h3,5-10,12-13,17,20,35H,1-2,4,11,14-16H2,(H,31,32,33)/t20-/m1/s1. The third kappa shape index (κ3) is 5.92. The van der Waals surface area contributed by atoms with Crippen molar-refractivity contribution in [3.05, 3.63) is 72.0 Å². The Kier molecular flexibility index (Phi) is 8.10. The molecule has 2 aromatic carbocycles. The fraction of sp³-hybridized carbons (Fsp3) is 0.296. The zero-order valence-corrected chi connectivity index (χ0v) is 21.3. The molecule has 2 aromatic heterocycles. The van der Waals surface area contributed by atoms with Crippen LogP contribution in [0.1, 0.15) is 25.0 Å². The number of benzene rings is 2. The van der Waals surface area contributed by atoms with Gasteiger partial charge < -0.3 is 24.8 Å². The van der Waals surface area contributed by atoms with Gasteiger partial charge in [0.25, 0.3) is 0 Å². The Morgan fingerprint density at radius 2 is 2.03 bits per heavy atom. The molecule has 0 bridgehead atoms. The van der Waals surface area contributed by atoms with Gasteiger partial charge in [-0.3, -0.25) is 14.8 Å². The molecule has 5 rings (SSSR count). The lowest BCUT2D eigenvalue weighted by Gasteiger charge is -2.35. The number of fused-ring (bicyclic) bond motifs is 1. The number of halogens is 1. The Labute approximate surface area is 224 Å². The van der Waals surface area contributed by atoms with Crippen LogP contribution in [0.25, 0.3) is 10.9 Å². The minimum absolute atomic E-state index is 0.104. The lowest BCUT2D eigenvalue weighted by Crippen LogP contribution is -2.47. The number of ether oxygens (including phenoxy) is 2. The van der Waals surface area contributed by atoms with Gasteiger partial charge in [0.15, 0.2) is 0 Å². The second-order valence-corrected chi connectivity index (χ2v) is 9.24. The molecule has 11 heteroatoms. The number of piperidine rings is 1. The van der Waals surface area contributed by atoms with E-state index in [9.17, 15) is 9.90 Å². The first-order valence-electron chi connectivity index (χ1n) is 12.3. The van der Waals surface area contributed by atoms with Crippen molar-refractivity contribution < 1.29 is 19.4 Å². The van der Waals surface area contributed by atoms with Gasteiger partial charge in [0.05, 0.1) is 33.9 Å². The van der Waals surface area contributed by atoms with E-state index in [1.54, 1.807) is 35.6 Å². The van der Waals surface area contributed by atoms with Crippen molar-refractivity contribution in [1.82, 2.24) is 24.8 Å². The van der Waals surface area contributed by atoms with Gasteiger partial charge in [-0.1, -0.05) is 17.7 Å². The molecule has 1 amide bonds. The van der Waals surface area contributed by atoms with E-state index in [-0.39, 0.29) is 18.6 Å². The second kappa shape index (κ2) is 12.0. The summed E-state index contributed by atoms with van der Waals surface area (Å²) in [5, 5.41) is 13.8. The number of carbonyl (C=O) groups excluding carboxylic acids is 1. The number of hydrogen-bond donors (Lipinski definition) is 2. The van der Waals surface area contributed by atoms with Crippen LogP contribution >= 0.6 is 11.6 Å². The number of nitrogens with zero attached hydrogens (tertiary/aromatic N) is 5. The third-order valence-electron chi connectivity index (χ3n) is 6.33. The number of nitrogens with one attached hydrogen (secondary N) is 1. The van der Waals surface area contributed by atoms with Gasteiger partial charge in [-0.15, -0.1) is 0 Å². The summed E-state index contributed by atoms with van der Waals surface area (Å²) < 4.78 is 12.0. The highest BCUT2D eigenvalue weighted by Crippen LogP contribution is 2.34. The van der Waals surface area contributed by atoms with Crippen molar-refractivity contribution in [2.75, 3.05) is 25.1 Å². The maximum atomic E-state index is 12.2. The van der Waals surface area contributed by atoms with E-state index in [1.807, 2.05) is 24.3 Å². The topological polar surface area (TPSA) is 123 Å². The van der Waals surface area contributed by atoms with Crippen LogP contribution in [-0.2, 0) is 11.4 Å². The minimum Gasteiger partial charge on any atom is -0.491 e. The predicted octanol–water partition coefficient (Wildman–Crippen LogP) is 4.15. The molecule has 1 aliphatic heterocycles. The summed E-state index contributed by atoms with van der Waals surface area (Å²) >= 11 is 6.49. The Morgan fingerprint density at radius 1 is 1.11 bits per heavy atom. The number of hydrogen-bond acceptors (Lipinski definition) is 9. The lowest BCUT2D eigenvalue weighted by molar-refractivity contribution is -0.138. The molecular weight excluding hydrogens is 508 g/mol. The molecule has 4 aromatic rings. The molecule has 1 aliphatic rings. The van der Waals surface area contributed by atoms with Crippen LogP contribution in [-0.4, -0.2) is 61.6 Å². The van der Waals surface area contributed by atoms with Crippen molar-refractivity contribution in [3.63, 3.8) is 0 Å². The smallest absolute Gasteiger partial charge is 0.248 e. The normalized spacial score (nSPS) is 15.3. The van der Waals surface area contributed by atoms with E-state index in [0.717, 1.165) is 19.3 Å². The number of aliphatic hydroxyl groups excluding tert-OH is 1. The van der Waals surface area contributed by atoms with E-state index in [4.69, 9.17) is 21.1 Å². The van der Waals surface area contributed by atoms with E-state index in [1.165, 1.54) is 6.33 Å². The number of rotatable bonds is 9. The summed E-state index contributed by atoms with van der Waals surface area (Å²) in [4.78, 5) is 31.0. The molecule has 3 heterocycles. The Balaban J connectivity index is 1.33. The van der Waals surface area contributed by atoms with Gasteiger partial charge in [-0.2, -0.15) is 0 Å². The molecule has 0 radical (unpaired) electrons. The highest BCUT2D eigenvalue weighted by atomic mass is 35.5. The van der Waals surface area contributed by atoms with Crippen LogP contribution < -0.4 is 14.8 Å². The van der Waals surface area contributed by atoms with Gasteiger partial charge >= 0.3 is 0 Å². The Hall–Kier alpha value is -4.02. The van der Waals surface area contributed by atoms with Gasteiger partial charge in [0.1, 0.15) is 43.5 Å². The van der Waals surface area contributed by atoms with Gasteiger partial charge in [0.2, 0.25) is 5.91 Å². The first-order chi connectivity index (χ1) is 18.6. The zero-order valence-electron chi connectivity index (χ0n) is 20.6. The van der Waals surface area contributed by atoms with Crippen molar-refractivity contribution in [2.45, 2.75) is 31.9 Å². The van der Waals surface area contributed by atoms with E-state index >= 15 is 0 Å². The molecule has 0 aliphatic carbocycles. The first-order valence-corrected chi connectivity index (χ1v) is 12.7. The van der Waals surface area contributed by atoms with Gasteiger partial charge in [-0.25, -0.2) is 9.97 Å². The average molecular weight is 535 g/mol. The van der Waals surface area contributed by atoms with E-state index in [0.29, 0.717) is 57.8 Å². The molecule has 0 saturated carbocycles. The molecule has 38 heavy (non-hydrogen) atoms. The number of aliphatic hydroxyl groups is 1. The molecule has 0 spiro atoms. The number of aromatic nitrogens is 4. The van der Waals surface area contributed by atoms with Crippen molar-refractivity contribution in [3.8, 4) is 11.5 Å². The van der Waals surface area contributed by atoms with Crippen molar-refractivity contribution >= 4 is 39.9 Å². The number of anilines is 2. The number of carbonyl (C=O) groups is 1. The Bertz CT molecular complexity index is 1400. The molecule has 0 unspecified atom stereocenters. The van der Waals surface area contributed by atoms with Crippen LogP contribution in [0.4, 0.5) is 11.5 Å². The summed E-state index contributed by atoms with van der Waals surface area (Å²) in [6.45, 7) is 0.681. The highest BCUT2D eigenvalue weighted by molar-refractivity contribution is 6.32. The second-order valence-electron chi connectivity index (χ2n) is 8.83. The quantitative estimate of drug-likeness (QED) is 0.326. The zero-order chi connectivity index (χ0) is 26.3. The van der Waals surface area contributed by atoms with Gasteiger partial charge in [-0.05, 0) is 49.6 Å². The molecule has 10 nitrogen and oxygen atoms in total. The number of amides is 1. The lowest BCUT2D eigenvalue weighted by atomic mass is 10.0.